The first kappa shape index (κ1) is 13.5. The molecule has 1 aliphatic carbocycles. The van der Waals surface area contributed by atoms with Gasteiger partial charge in [0.1, 0.15) is 24.4 Å². The molecule has 0 aromatic heterocycles. The molecule has 100 valence electrons. The van der Waals surface area contributed by atoms with Crippen LogP contribution in [0.1, 0.15) is 23.3 Å². The van der Waals surface area contributed by atoms with Crippen LogP contribution < -0.4 is 0 Å². The van der Waals surface area contributed by atoms with Crippen molar-refractivity contribution in [2.75, 3.05) is 28.4 Å². The van der Waals surface area contributed by atoms with Crippen LogP contribution in [-0.2, 0) is 18.9 Å². The maximum Gasteiger partial charge on any atom is 0.116 e. The summed E-state index contributed by atoms with van der Waals surface area (Å²) < 4.78 is 22.3. The van der Waals surface area contributed by atoms with Gasteiger partial charge in [-0.3, -0.25) is 0 Å². The van der Waals surface area contributed by atoms with E-state index in [1.54, 1.807) is 28.4 Å². The topological polar surface area (TPSA) is 36.9 Å². The number of ether oxygens (including phenoxy) is 4. The van der Waals surface area contributed by atoms with Gasteiger partial charge in [0, 0.05) is 28.4 Å². The van der Waals surface area contributed by atoms with E-state index in [2.05, 4.69) is 0 Å². The minimum atomic E-state index is -0.181. The summed E-state index contributed by atoms with van der Waals surface area (Å²) in [5.41, 5.74) is 2.21. The van der Waals surface area contributed by atoms with Gasteiger partial charge >= 0.3 is 0 Å². The van der Waals surface area contributed by atoms with E-state index < -0.39 is 0 Å². The summed E-state index contributed by atoms with van der Waals surface area (Å²) in [4.78, 5) is 0. The zero-order valence-corrected chi connectivity index (χ0v) is 11.3. The monoisotopic (exact) mass is 252 g/mol. The van der Waals surface area contributed by atoms with Crippen molar-refractivity contribution in [3.8, 4) is 0 Å². The van der Waals surface area contributed by atoms with Crippen LogP contribution in [0.4, 0.5) is 0 Å². The second-order valence-corrected chi connectivity index (χ2v) is 4.34. The lowest BCUT2D eigenvalue weighted by Gasteiger charge is -2.41. The van der Waals surface area contributed by atoms with Crippen LogP contribution in [-0.4, -0.2) is 40.6 Å². The molecule has 0 spiro atoms. The Kier molecular flexibility index (Phi) is 4.35. The van der Waals surface area contributed by atoms with E-state index in [1.165, 1.54) is 0 Å². The fourth-order valence-electron chi connectivity index (χ4n) is 2.77. The summed E-state index contributed by atoms with van der Waals surface area (Å²) in [6.45, 7) is 0. The number of hydrogen-bond acceptors (Lipinski definition) is 4. The van der Waals surface area contributed by atoms with Crippen molar-refractivity contribution in [1.82, 2.24) is 0 Å². The zero-order chi connectivity index (χ0) is 13.1. The summed E-state index contributed by atoms with van der Waals surface area (Å²) in [5.74, 6) is 0. The Hall–Kier alpha value is -0.940. The summed E-state index contributed by atoms with van der Waals surface area (Å²) in [6.07, 6.45) is -0.634. The summed E-state index contributed by atoms with van der Waals surface area (Å²) in [5, 5.41) is 0. The first-order valence-electron chi connectivity index (χ1n) is 5.98. The summed E-state index contributed by atoms with van der Waals surface area (Å²) in [7, 11) is 6.72. The van der Waals surface area contributed by atoms with Gasteiger partial charge in [0.2, 0.25) is 0 Å². The minimum Gasteiger partial charge on any atom is -0.376 e. The SMILES string of the molecule is CO[C@H]1[C@H](OC)[C@@H](OC)c2ccccc2[C@@H]1OC. The Bertz CT molecular complexity index is 356. The second-order valence-electron chi connectivity index (χ2n) is 4.34. The second kappa shape index (κ2) is 5.80. The standard InChI is InChI=1S/C14H20O4/c1-15-11-9-7-5-6-8-10(9)12(16-2)14(18-4)13(11)17-3/h5-8,11-14H,1-4H3/t11-,12-,13+,14+/m0/s1. The van der Waals surface area contributed by atoms with E-state index in [9.17, 15) is 0 Å². The number of fused-ring (bicyclic) bond motifs is 1. The molecule has 4 heteroatoms. The third-order valence-corrected chi connectivity index (χ3v) is 3.58. The third kappa shape index (κ3) is 2.06. The average molecular weight is 252 g/mol. The van der Waals surface area contributed by atoms with Crippen LogP contribution in [0.2, 0.25) is 0 Å². The summed E-state index contributed by atoms with van der Waals surface area (Å²) >= 11 is 0. The van der Waals surface area contributed by atoms with Crippen LogP contribution in [0.15, 0.2) is 24.3 Å². The van der Waals surface area contributed by atoms with Crippen molar-refractivity contribution in [2.24, 2.45) is 0 Å². The van der Waals surface area contributed by atoms with Crippen LogP contribution >= 0.6 is 0 Å². The van der Waals surface area contributed by atoms with Gasteiger partial charge in [-0.1, -0.05) is 24.3 Å². The Balaban J connectivity index is 2.50. The largest absolute Gasteiger partial charge is 0.376 e. The molecule has 0 aliphatic heterocycles. The fraction of sp³-hybridized carbons (Fsp3) is 0.571. The van der Waals surface area contributed by atoms with Crippen LogP contribution in [0.25, 0.3) is 0 Å². The van der Waals surface area contributed by atoms with Gasteiger partial charge < -0.3 is 18.9 Å². The number of methoxy groups -OCH3 is 4. The molecule has 4 nitrogen and oxygen atoms in total. The molecule has 0 unspecified atom stereocenters. The first-order chi connectivity index (χ1) is 8.78. The van der Waals surface area contributed by atoms with E-state index >= 15 is 0 Å². The van der Waals surface area contributed by atoms with Crippen LogP contribution in [0.3, 0.4) is 0 Å². The Morgan fingerprint density at radius 2 is 1.06 bits per heavy atom. The molecule has 1 aromatic carbocycles. The molecule has 1 aromatic rings. The van der Waals surface area contributed by atoms with Crippen molar-refractivity contribution >= 4 is 0 Å². The Morgan fingerprint density at radius 3 is 1.33 bits per heavy atom. The highest BCUT2D eigenvalue weighted by Gasteiger charge is 2.43. The average Bonchev–Trinajstić information content (AvgIpc) is 2.44. The molecule has 1 aliphatic rings. The first-order valence-corrected chi connectivity index (χ1v) is 5.98. The lowest BCUT2D eigenvalue weighted by Crippen LogP contribution is -2.45. The van der Waals surface area contributed by atoms with E-state index in [-0.39, 0.29) is 24.4 Å². The molecule has 0 bridgehead atoms. The Labute approximate surface area is 108 Å². The predicted octanol–water partition coefficient (Wildman–Crippen LogP) is 2.11. The molecule has 0 radical (unpaired) electrons. The molecule has 0 saturated heterocycles. The van der Waals surface area contributed by atoms with Crippen molar-refractivity contribution in [2.45, 2.75) is 24.4 Å². The van der Waals surface area contributed by atoms with Gasteiger partial charge in [-0.25, -0.2) is 0 Å². The molecular weight excluding hydrogens is 232 g/mol. The lowest BCUT2D eigenvalue weighted by molar-refractivity contribution is -0.163. The van der Waals surface area contributed by atoms with Crippen molar-refractivity contribution in [1.29, 1.82) is 0 Å². The molecule has 18 heavy (non-hydrogen) atoms. The normalized spacial score (nSPS) is 31.1. The summed E-state index contributed by atoms with van der Waals surface area (Å²) in [6, 6.07) is 8.09. The number of rotatable bonds is 4. The molecule has 0 fully saturated rings. The van der Waals surface area contributed by atoms with Crippen molar-refractivity contribution in [3.05, 3.63) is 35.4 Å². The minimum absolute atomic E-state index is 0.137. The fourth-order valence-corrected chi connectivity index (χ4v) is 2.77. The van der Waals surface area contributed by atoms with E-state index in [1.807, 2.05) is 24.3 Å². The zero-order valence-electron chi connectivity index (χ0n) is 11.3. The smallest absolute Gasteiger partial charge is 0.116 e. The van der Waals surface area contributed by atoms with Crippen LogP contribution in [0, 0.1) is 0 Å². The van der Waals surface area contributed by atoms with Crippen molar-refractivity contribution in [3.63, 3.8) is 0 Å². The molecule has 0 saturated carbocycles. The van der Waals surface area contributed by atoms with Crippen LogP contribution in [0.5, 0.6) is 0 Å². The molecule has 0 amide bonds. The highest BCUT2D eigenvalue weighted by molar-refractivity contribution is 5.36. The molecule has 0 N–H and O–H groups in total. The van der Waals surface area contributed by atoms with Gasteiger partial charge in [-0.2, -0.15) is 0 Å². The highest BCUT2D eigenvalue weighted by atomic mass is 16.6. The molecule has 0 heterocycles. The maximum absolute atomic E-state index is 5.59. The number of benzene rings is 1. The van der Waals surface area contributed by atoms with E-state index in [0.29, 0.717) is 0 Å². The quantitative estimate of drug-likeness (QED) is 0.822. The molecule has 2 rings (SSSR count). The van der Waals surface area contributed by atoms with Gasteiger partial charge in [-0.15, -0.1) is 0 Å². The van der Waals surface area contributed by atoms with E-state index in [4.69, 9.17) is 18.9 Å². The van der Waals surface area contributed by atoms with Gasteiger partial charge in [-0.05, 0) is 11.1 Å². The predicted molar refractivity (Wildman–Crippen MR) is 67.5 cm³/mol. The highest BCUT2D eigenvalue weighted by Crippen LogP contribution is 2.42. The third-order valence-electron chi connectivity index (χ3n) is 3.58. The van der Waals surface area contributed by atoms with Gasteiger partial charge in [0.25, 0.3) is 0 Å². The van der Waals surface area contributed by atoms with Crippen molar-refractivity contribution < 1.29 is 18.9 Å². The van der Waals surface area contributed by atoms with Gasteiger partial charge in [0.05, 0.1) is 0 Å². The lowest BCUT2D eigenvalue weighted by atomic mass is 9.83. The number of hydrogen-bond donors (Lipinski definition) is 0. The molecular formula is C14H20O4. The molecule has 4 atom stereocenters. The van der Waals surface area contributed by atoms with E-state index in [0.717, 1.165) is 11.1 Å². The Morgan fingerprint density at radius 1 is 0.667 bits per heavy atom. The van der Waals surface area contributed by atoms with Gasteiger partial charge in [0.15, 0.2) is 0 Å². The maximum atomic E-state index is 5.59.